The maximum absolute atomic E-state index is 9.24. The number of rotatable bonds is 4. The third kappa shape index (κ3) is 3.13. The van der Waals surface area contributed by atoms with E-state index < -0.39 is 0 Å². The molecule has 0 radical (unpaired) electrons. The molecule has 2 aromatic rings. The van der Waals surface area contributed by atoms with Gasteiger partial charge < -0.3 is 9.84 Å². The van der Waals surface area contributed by atoms with Gasteiger partial charge in [0.25, 0.3) is 0 Å². The molecule has 1 aliphatic rings. The van der Waals surface area contributed by atoms with E-state index in [2.05, 4.69) is 5.10 Å². The zero-order valence-electron chi connectivity index (χ0n) is 11.5. The Morgan fingerprint density at radius 1 is 1.15 bits per heavy atom. The van der Waals surface area contributed by atoms with Crippen LogP contribution in [0.3, 0.4) is 0 Å². The first-order valence-corrected chi connectivity index (χ1v) is 7.26. The van der Waals surface area contributed by atoms with Crippen LogP contribution >= 0.6 is 0 Å². The molecular formula is C16H20N2O2. The Morgan fingerprint density at radius 3 is 2.65 bits per heavy atom. The largest absolute Gasteiger partial charge is 0.508 e. The Kier molecular flexibility index (Phi) is 3.90. The maximum atomic E-state index is 9.24. The third-order valence-corrected chi connectivity index (χ3v) is 3.87. The monoisotopic (exact) mass is 272 g/mol. The van der Waals surface area contributed by atoms with Crippen LogP contribution in [-0.4, -0.2) is 14.9 Å². The van der Waals surface area contributed by atoms with Crippen molar-refractivity contribution in [2.24, 2.45) is 0 Å². The standard InChI is InChI=1S/C16H20N2O2/c19-15-8-6-13(7-9-15)12-20-16-10-17-18(11-16)14-4-2-1-3-5-14/h6-11,14,19H,1-5,12H2. The first kappa shape index (κ1) is 13.0. The van der Waals surface area contributed by atoms with Crippen LogP contribution in [0.1, 0.15) is 43.7 Å². The van der Waals surface area contributed by atoms with E-state index >= 15 is 0 Å². The molecule has 20 heavy (non-hydrogen) atoms. The van der Waals surface area contributed by atoms with Gasteiger partial charge in [-0.25, -0.2) is 0 Å². The van der Waals surface area contributed by atoms with E-state index in [0.29, 0.717) is 12.6 Å². The molecule has 0 amide bonds. The second kappa shape index (κ2) is 5.99. The molecule has 1 saturated carbocycles. The van der Waals surface area contributed by atoms with Crippen LogP contribution in [-0.2, 0) is 6.61 Å². The van der Waals surface area contributed by atoms with Gasteiger partial charge in [0.15, 0.2) is 5.75 Å². The summed E-state index contributed by atoms with van der Waals surface area (Å²) >= 11 is 0. The van der Waals surface area contributed by atoms with E-state index in [1.54, 1.807) is 18.3 Å². The molecule has 0 saturated heterocycles. The summed E-state index contributed by atoms with van der Waals surface area (Å²) in [6.45, 7) is 0.497. The lowest BCUT2D eigenvalue weighted by atomic mass is 9.96. The number of ether oxygens (including phenoxy) is 1. The summed E-state index contributed by atoms with van der Waals surface area (Å²) in [4.78, 5) is 0. The maximum Gasteiger partial charge on any atom is 0.157 e. The van der Waals surface area contributed by atoms with Crippen molar-refractivity contribution in [2.75, 3.05) is 0 Å². The molecule has 1 aromatic heterocycles. The Labute approximate surface area is 119 Å². The Balaban J connectivity index is 1.58. The molecule has 1 aliphatic carbocycles. The number of hydrogen-bond donors (Lipinski definition) is 1. The summed E-state index contributed by atoms with van der Waals surface area (Å²) in [5.74, 6) is 1.09. The summed E-state index contributed by atoms with van der Waals surface area (Å²) in [6, 6.07) is 7.60. The first-order valence-electron chi connectivity index (χ1n) is 7.26. The number of phenolic OH excluding ortho intramolecular Hbond substituents is 1. The Bertz CT molecular complexity index is 542. The van der Waals surface area contributed by atoms with E-state index in [4.69, 9.17) is 4.74 Å². The fraction of sp³-hybridized carbons (Fsp3) is 0.438. The van der Waals surface area contributed by atoms with Gasteiger partial charge in [0.1, 0.15) is 12.4 Å². The number of benzene rings is 1. The highest BCUT2D eigenvalue weighted by Gasteiger charge is 2.16. The summed E-state index contributed by atoms with van der Waals surface area (Å²) < 4.78 is 7.79. The van der Waals surface area contributed by atoms with Gasteiger partial charge in [-0.05, 0) is 30.5 Å². The molecule has 1 heterocycles. The fourth-order valence-electron chi connectivity index (χ4n) is 2.70. The van der Waals surface area contributed by atoms with Gasteiger partial charge in [-0.2, -0.15) is 5.10 Å². The highest BCUT2D eigenvalue weighted by Crippen LogP contribution is 2.28. The SMILES string of the molecule is Oc1ccc(COc2cnn(C3CCCCC3)c2)cc1. The molecule has 0 bridgehead atoms. The van der Waals surface area contributed by atoms with Crippen molar-refractivity contribution in [1.82, 2.24) is 9.78 Å². The van der Waals surface area contributed by atoms with Crippen LogP contribution in [0, 0.1) is 0 Å². The summed E-state index contributed by atoms with van der Waals surface area (Å²) in [6.07, 6.45) is 10.2. The van der Waals surface area contributed by atoms with Gasteiger partial charge in [-0.3, -0.25) is 4.68 Å². The Hall–Kier alpha value is -1.97. The lowest BCUT2D eigenvalue weighted by Gasteiger charge is -2.21. The lowest BCUT2D eigenvalue weighted by Crippen LogP contribution is -2.12. The van der Waals surface area contributed by atoms with Crippen molar-refractivity contribution >= 4 is 0 Å². The number of aromatic hydroxyl groups is 1. The van der Waals surface area contributed by atoms with Gasteiger partial charge in [0.05, 0.1) is 18.4 Å². The minimum absolute atomic E-state index is 0.277. The topological polar surface area (TPSA) is 47.3 Å². The molecular weight excluding hydrogens is 252 g/mol. The minimum Gasteiger partial charge on any atom is -0.508 e. The number of phenols is 1. The van der Waals surface area contributed by atoms with E-state index in [-0.39, 0.29) is 5.75 Å². The highest BCUT2D eigenvalue weighted by atomic mass is 16.5. The van der Waals surface area contributed by atoms with E-state index in [0.717, 1.165) is 11.3 Å². The van der Waals surface area contributed by atoms with Crippen LogP contribution in [0.2, 0.25) is 0 Å². The highest BCUT2D eigenvalue weighted by molar-refractivity contribution is 5.26. The smallest absolute Gasteiger partial charge is 0.157 e. The normalized spacial score (nSPS) is 16.2. The van der Waals surface area contributed by atoms with E-state index in [1.165, 1.54) is 32.1 Å². The molecule has 0 spiro atoms. The van der Waals surface area contributed by atoms with Gasteiger partial charge >= 0.3 is 0 Å². The van der Waals surface area contributed by atoms with Crippen molar-refractivity contribution in [2.45, 2.75) is 44.8 Å². The lowest BCUT2D eigenvalue weighted by molar-refractivity contribution is 0.301. The number of hydrogen-bond acceptors (Lipinski definition) is 3. The fourth-order valence-corrected chi connectivity index (χ4v) is 2.70. The first-order chi connectivity index (χ1) is 9.81. The van der Waals surface area contributed by atoms with Gasteiger partial charge in [-0.15, -0.1) is 0 Å². The summed E-state index contributed by atoms with van der Waals surface area (Å²) in [5.41, 5.74) is 1.04. The quantitative estimate of drug-likeness (QED) is 0.923. The van der Waals surface area contributed by atoms with E-state index in [1.807, 2.05) is 23.0 Å². The second-order valence-corrected chi connectivity index (χ2v) is 5.40. The van der Waals surface area contributed by atoms with Gasteiger partial charge in [-0.1, -0.05) is 31.4 Å². The summed E-state index contributed by atoms with van der Waals surface area (Å²) in [7, 11) is 0. The molecule has 1 N–H and O–H groups in total. The molecule has 3 rings (SSSR count). The molecule has 0 aliphatic heterocycles. The van der Waals surface area contributed by atoms with Crippen molar-refractivity contribution in [3.8, 4) is 11.5 Å². The third-order valence-electron chi connectivity index (χ3n) is 3.87. The van der Waals surface area contributed by atoms with Crippen LogP contribution in [0.4, 0.5) is 0 Å². The Morgan fingerprint density at radius 2 is 1.90 bits per heavy atom. The van der Waals surface area contributed by atoms with E-state index in [9.17, 15) is 5.11 Å². The predicted molar refractivity (Wildman–Crippen MR) is 76.8 cm³/mol. The number of aromatic nitrogens is 2. The minimum atomic E-state index is 0.277. The molecule has 106 valence electrons. The predicted octanol–water partition coefficient (Wildman–Crippen LogP) is 3.67. The van der Waals surface area contributed by atoms with Gasteiger partial charge in [0.2, 0.25) is 0 Å². The molecule has 1 aromatic carbocycles. The van der Waals surface area contributed by atoms with Crippen molar-refractivity contribution in [3.63, 3.8) is 0 Å². The van der Waals surface area contributed by atoms with Gasteiger partial charge in [0, 0.05) is 0 Å². The van der Waals surface area contributed by atoms with Crippen molar-refractivity contribution < 1.29 is 9.84 Å². The average molecular weight is 272 g/mol. The molecule has 0 unspecified atom stereocenters. The number of nitrogens with zero attached hydrogens (tertiary/aromatic N) is 2. The summed E-state index contributed by atoms with van der Waals surface area (Å²) in [5, 5.41) is 13.7. The van der Waals surface area contributed by atoms with Crippen LogP contribution < -0.4 is 4.74 Å². The molecule has 4 heteroatoms. The average Bonchev–Trinajstić information content (AvgIpc) is 2.97. The molecule has 1 fully saturated rings. The van der Waals surface area contributed by atoms with Crippen LogP contribution in [0.15, 0.2) is 36.7 Å². The van der Waals surface area contributed by atoms with Crippen molar-refractivity contribution in [3.05, 3.63) is 42.2 Å². The zero-order chi connectivity index (χ0) is 13.8. The zero-order valence-corrected chi connectivity index (χ0v) is 11.5. The van der Waals surface area contributed by atoms with Crippen LogP contribution in [0.25, 0.3) is 0 Å². The second-order valence-electron chi connectivity index (χ2n) is 5.40. The molecule has 4 nitrogen and oxygen atoms in total. The molecule has 0 atom stereocenters. The van der Waals surface area contributed by atoms with Crippen molar-refractivity contribution in [1.29, 1.82) is 0 Å². The van der Waals surface area contributed by atoms with Crippen LogP contribution in [0.5, 0.6) is 11.5 Å².